The smallest absolute Gasteiger partial charge is 0.168 e. The van der Waals surface area contributed by atoms with Crippen LogP contribution in [0.25, 0.3) is 0 Å². The molecule has 0 aromatic heterocycles. The molecule has 30 heavy (non-hydrogen) atoms. The van der Waals surface area contributed by atoms with Crippen LogP contribution in [0, 0.1) is 0 Å². The molecule has 0 radical (unpaired) electrons. The van der Waals surface area contributed by atoms with Gasteiger partial charge in [-0.2, -0.15) is 0 Å². The Labute approximate surface area is 180 Å². The van der Waals surface area contributed by atoms with E-state index in [0.717, 1.165) is 5.56 Å². The minimum absolute atomic E-state index is 0.0287. The van der Waals surface area contributed by atoms with Gasteiger partial charge in [0, 0.05) is 24.1 Å². The van der Waals surface area contributed by atoms with E-state index < -0.39 is 0 Å². The van der Waals surface area contributed by atoms with E-state index in [1.165, 1.54) is 6.21 Å². The number of hydrogen-bond acceptors (Lipinski definition) is 4. The van der Waals surface area contributed by atoms with Gasteiger partial charge in [-0.25, -0.2) is 0 Å². The van der Waals surface area contributed by atoms with Crippen molar-refractivity contribution in [3.05, 3.63) is 101 Å². The van der Waals surface area contributed by atoms with Crippen LogP contribution in [0.4, 0.5) is 5.69 Å². The number of aliphatic imine (C=N–C) groups is 1. The van der Waals surface area contributed by atoms with Crippen molar-refractivity contribution in [2.75, 3.05) is 0 Å². The Balaban J connectivity index is 1.59. The Bertz CT molecular complexity index is 1110. The maximum atomic E-state index is 12.7. The van der Waals surface area contributed by atoms with Crippen LogP contribution in [-0.2, 0) is 4.79 Å². The lowest BCUT2D eigenvalue weighted by Gasteiger charge is -2.22. The normalized spacial score (nSPS) is 16.8. The van der Waals surface area contributed by atoms with Gasteiger partial charge in [-0.1, -0.05) is 60.1 Å². The summed E-state index contributed by atoms with van der Waals surface area (Å²) in [6.45, 7) is 0. The fraction of sp³-hybridized carbons (Fsp3) is 0.120. The average Bonchev–Trinajstić information content (AvgIpc) is 2.76. The van der Waals surface area contributed by atoms with Gasteiger partial charge in [0.05, 0.1) is 5.57 Å². The van der Waals surface area contributed by atoms with Gasteiger partial charge in [0.15, 0.2) is 11.5 Å². The summed E-state index contributed by atoms with van der Waals surface area (Å²) in [4.78, 5) is 17.1. The Kier molecular flexibility index (Phi) is 5.96. The first-order chi connectivity index (χ1) is 14.6. The lowest BCUT2D eigenvalue weighted by molar-refractivity contribution is -0.116. The molecular formula is C25H20ClNO3. The predicted octanol–water partition coefficient (Wildman–Crippen LogP) is 6.79. The number of halogens is 1. The molecule has 0 amide bonds. The summed E-state index contributed by atoms with van der Waals surface area (Å²) in [6.07, 6.45) is 2.14. The molecule has 1 unspecified atom stereocenters. The second kappa shape index (κ2) is 8.97. The molecule has 0 spiro atoms. The number of benzene rings is 3. The molecule has 3 aromatic carbocycles. The van der Waals surface area contributed by atoms with E-state index in [9.17, 15) is 9.90 Å². The molecule has 1 aliphatic rings. The molecule has 0 saturated carbocycles. The highest BCUT2D eigenvalue weighted by Crippen LogP contribution is 2.36. The van der Waals surface area contributed by atoms with E-state index >= 15 is 0 Å². The highest BCUT2D eigenvalue weighted by atomic mass is 35.5. The van der Waals surface area contributed by atoms with Crippen molar-refractivity contribution in [2.24, 2.45) is 4.99 Å². The Morgan fingerprint density at radius 2 is 1.67 bits per heavy atom. The van der Waals surface area contributed by atoms with Crippen LogP contribution < -0.4 is 4.74 Å². The zero-order valence-corrected chi connectivity index (χ0v) is 16.9. The van der Waals surface area contributed by atoms with Crippen molar-refractivity contribution in [3.63, 3.8) is 0 Å². The molecule has 1 N–H and O–H groups in total. The lowest BCUT2D eigenvalue weighted by atomic mass is 9.83. The largest absolute Gasteiger partial charge is 0.511 e. The number of carbonyl (C=O) groups excluding carboxylic acids is 1. The highest BCUT2D eigenvalue weighted by molar-refractivity contribution is 6.31. The molecule has 0 fully saturated rings. The molecule has 1 aliphatic carbocycles. The highest BCUT2D eigenvalue weighted by Gasteiger charge is 2.27. The van der Waals surface area contributed by atoms with Gasteiger partial charge in [0.25, 0.3) is 0 Å². The Morgan fingerprint density at radius 1 is 0.967 bits per heavy atom. The first kappa shape index (κ1) is 19.9. The summed E-state index contributed by atoms with van der Waals surface area (Å²) in [5.74, 6) is 1.06. The zero-order valence-electron chi connectivity index (χ0n) is 16.2. The number of rotatable bonds is 5. The number of Topliss-reactive ketones (excluding diaryl/α,β-unsaturated/α-hetero) is 1. The summed E-state index contributed by atoms with van der Waals surface area (Å²) in [7, 11) is 0. The van der Waals surface area contributed by atoms with Gasteiger partial charge in [-0.3, -0.25) is 9.79 Å². The van der Waals surface area contributed by atoms with Crippen molar-refractivity contribution >= 4 is 29.3 Å². The second-order valence-electron chi connectivity index (χ2n) is 7.08. The van der Waals surface area contributed by atoms with Crippen molar-refractivity contribution in [2.45, 2.75) is 18.8 Å². The number of ketones is 1. The van der Waals surface area contributed by atoms with E-state index in [1.807, 2.05) is 60.7 Å². The molecule has 1 atom stereocenters. The van der Waals surface area contributed by atoms with Crippen LogP contribution in [0.5, 0.6) is 11.5 Å². The monoisotopic (exact) mass is 417 g/mol. The average molecular weight is 418 g/mol. The van der Waals surface area contributed by atoms with E-state index in [-0.39, 0.29) is 23.0 Å². The van der Waals surface area contributed by atoms with Crippen LogP contribution in [0.15, 0.2) is 95.2 Å². The molecule has 4 rings (SSSR count). The van der Waals surface area contributed by atoms with Gasteiger partial charge in [-0.15, -0.1) is 0 Å². The van der Waals surface area contributed by atoms with Crippen LogP contribution in [0.3, 0.4) is 0 Å². The van der Waals surface area contributed by atoms with Crippen molar-refractivity contribution in [3.8, 4) is 11.5 Å². The van der Waals surface area contributed by atoms with Gasteiger partial charge < -0.3 is 9.84 Å². The lowest BCUT2D eigenvalue weighted by Crippen LogP contribution is -2.19. The number of allylic oxidation sites excluding steroid dienone is 2. The molecule has 150 valence electrons. The topological polar surface area (TPSA) is 58.9 Å². The number of ether oxygens (including phenoxy) is 1. The number of hydrogen-bond donors (Lipinski definition) is 1. The minimum atomic E-state index is -0.135. The van der Waals surface area contributed by atoms with Crippen molar-refractivity contribution in [1.29, 1.82) is 0 Å². The SMILES string of the molecule is O=C1CC(c2ccccc2)CC(O)=C1C=Nc1cc(Cl)ccc1Oc1ccccc1. The van der Waals surface area contributed by atoms with Crippen LogP contribution in [-0.4, -0.2) is 17.1 Å². The summed E-state index contributed by atoms with van der Waals surface area (Å²) in [5.41, 5.74) is 1.75. The summed E-state index contributed by atoms with van der Waals surface area (Å²) in [6, 6.07) is 24.2. The van der Waals surface area contributed by atoms with Crippen molar-refractivity contribution < 1.29 is 14.6 Å². The van der Waals surface area contributed by atoms with Gasteiger partial charge in [0.1, 0.15) is 17.2 Å². The van der Waals surface area contributed by atoms with Crippen LogP contribution in [0.2, 0.25) is 5.02 Å². The second-order valence-corrected chi connectivity index (χ2v) is 7.52. The fourth-order valence-electron chi connectivity index (χ4n) is 3.44. The summed E-state index contributed by atoms with van der Waals surface area (Å²) >= 11 is 6.13. The fourth-order valence-corrected chi connectivity index (χ4v) is 3.61. The molecule has 4 nitrogen and oxygen atoms in total. The first-order valence-corrected chi connectivity index (χ1v) is 10.0. The number of nitrogens with zero attached hydrogens (tertiary/aromatic N) is 1. The molecule has 5 heteroatoms. The van der Waals surface area contributed by atoms with E-state index in [2.05, 4.69) is 4.99 Å². The Hall–Kier alpha value is -3.37. The maximum Gasteiger partial charge on any atom is 0.168 e. The maximum absolute atomic E-state index is 12.7. The molecule has 0 aliphatic heterocycles. The molecule has 3 aromatic rings. The third-order valence-corrected chi connectivity index (χ3v) is 5.21. The number of aliphatic hydroxyl groups is 1. The third kappa shape index (κ3) is 4.61. The number of carbonyl (C=O) groups is 1. The van der Waals surface area contributed by atoms with Gasteiger partial charge in [-0.05, 0) is 41.8 Å². The molecule has 0 heterocycles. The number of aliphatic hydroxyl groups excluding tert-OH is 1. The van der Waals surface area contributed by atoms with Gasteiger partial charge >= 0.3 is 0 Å². The van der Waals surface area contributed by atoms with Crippen LogP contribution in [0.1, 0.15) is 24.3 Å². The standard InChI is InChI=1S/C25H20ClNO3/c26-19-11-12-25(30-20-9-5-2-6-10-20)22(15-19)27-16-21-23(28)13-18(14-24(21)29)17-7-3-1-4-8-17/h1-12,15-16,18,28H,13-14H2. The molecular weight excluding hydrogens is 398 g/mol. The number of para-hydroxylation sites is 1. The quantitative estimate of drug-likeness (QED) is 0.464. The molecule has 0 saturated heterocycles. The molecule has 0 bridgehead atoms. The van der Waals surface area contributed by atoms with Crippen LogP contribution >= 0.6 is 11.6 Å². The first-order valence-electron chi connectivity index (χ1n) is 9.67. The van der Waals surface area contributed by atoms with E-state index in [1.54, 1.807) is 18.2 Å². The third-order valence-electron chi connectivity index (χ3n) is 4.98. The summed E-state index contributed by atoms with van der Waals surface area (Å²) < 4.78 is 5.90. The van der Waals surface area contributed by atoms with Crippen molar-refractivity contribution in [1.82, 2.24) is 0 Å². The zero-order chi connectivity index (χ0) is 20.9. The predicted molar refractivity (Wildman–Crippen MR) is 119 cm³/mol. The Morgan fingerprint density at radius 3 is 2.37 bits per heavy atom. The summed E-state index contributed by atoms with van der Waals surface area (Å²) in [5, 5.41) is 11.0. The minimum Gasteiger partial charge on any atom is -0.511 e. The van der Waals surface area contributed by atoms with E-state index in [0.29, 0.717) is 35.1 Å². The van der Waals surface area contributed by atoms with E-state index in [4.69, 9.17) is 16.3 Å². The van der Waals surface area contributed by atoms with Gasteiger partial charge in [0.2, 0.25) is 0 Å².